The molecule has 4 amide bonds. The molecule has 1 unspecified atom stereocenters. The van der Waals surface area contributed by atoms with Gasteiger partial charge in [0.15, 0.2) is 6.04 Å². The van der Waals surface area contributed by atoms with Crippen molar-refractivity contribution in [3.8, 4) is 0 Å². The number of amides is 4. The summed E-state index contributed by atoms with van der Waals surface area (Å²) in [5, 5.41) is 9.09. The topological polar surface area (TPSA) is 112 Å². The molecule has 0 aliphatic carbocycles. The Hall–Kier alpha value is -2.51. The third-order valence-electron chi connectivity index (χ3n) is 2.94. The van der Waals surface area contributed by atoms with Crippen molar-refractivity contribution < 1.29 is 29.1 Å². The normalized spacial score (nSPS) is 20.6. The number of likely N-dealkylation sites (tertiary alicyclic amines) is 1. The van der Waals surface area contributed by atoms with Crippen molar-refractivity contribution in [2.45, 2.75) is 18.9 Å². The van der Waals surface area contributed by atoms with Crippen molar-refractivity contribution in [2.24, 2.45) is 0 Å². The van der Waals surface area contributed by atoms with E-state index in [0.29, 0.717) is 9.80 Å². The first kappa shape index (κ1) is 12.9. The lowest BCUT2D eigenvalue weighted by molar-refractivity contribution is -0.156. The van der Waals surface area contributed by atoms with Crippen LogP contribution >= 0.6 is 0 Å². The SMILES string of the molecule is O=C(O)C(CN1C(=O)C=CC1=O)N1C(=O)CCC1=O. The summed E-state index contributed by atoms with van der Waals surface area (Å²) in [6.07, 6.45) is 1.91. The van der Waals surface area contributed by atoms with Gasteiger partial charge in [-0.3, -0.25) is 29.0 Å². The van der Waals surface area contributed by atoms with Gasteiger partial charge in [0.2, 0.25) is 11.8 Å². The maximum atomic E-state index is 11.5. The Morgan fingerprint density at radius 2 is 1.58 bits per heavy atom. The number of imide groups is 2. The van der Waals surface area contributed by atoms with Crippen molar-refractivity contribution in [3.05, 3.63) is 12.2 Å². The maximum absolute atomic E-state index is 11.5. The number of nitrogens with zero attached hydrogens (tertiary/aromatic N) is 2. The van der Waals surface area contributed by atoms with E-state index in [1.165, 1.54) is 0 Å². The minimum atomic E-state index is -1.53. The zero-order chi connectivity index (χ0) is 14.2. The van der Waals surface area contributed by atoms with Gasteiger partial charge >= 0.3 is 5.97 Å². The standard InChI is InChI=1S/C11H10N2O6/c14-7-1-2-8(15)12(7)5-6(11(18)19)13-9(16)3-4-10(13)17/h1-2,6H,3-5H2,(H,18,19). The Morgan fingerprint density at radius 3 is 2.00 bits per heavy atom. The third-order valence-corrected chi connectivity index (χ3v) is 2.94. The van der Waals surface area contributed by atoms with Crippen LogP contribution in [0.2, 0.25) is 0 Å². The molecule has 0 aromatic carbocycles. The molecule has 0 spiro atoms. The van der Waals surface area contributed by atoms with E-state index in [-0.39, 0.29) is 12.8 Å². The van der Waals surface area contributed by atoms with Crippen LogP contribution in [0.5, 0.6) is 0 Å². The van der Waals surface area contributed by atoms with Gasteiger partial charge in [-0.15, -0.1) is 0 Å². The van der Waals surface area contributed by atoms with Gasteiger partial charge in [0.05, 0.1) is 6.54 Å². The first-order valence-electron chi connectivity index (χ1n) is 5.53. The van der Waals surface area contributed by atoms with Crippen LogP contribution in [0.15, 0.2) is 12.2 Å². The monoisotopic (exact) mass is 266 g/mol. The molecule has 100 valence electrons. The van der Waals surface area contributed by atoms with Crippen molar-refractivity contribution in [3.63, 3.8) is 0 Å². The highest BCUT2D eigenvalue weighted by Gasteiger charge is 2.41. The number of rotatable bonds is 4. The summed E-state index contributed by atoms with van der Waals surface area (Å²) >= 11 is 0. The number of carbonyl (C=O) groups excluding carboxylic acids is 4. The summed E-state index contributed by atoms with van der Waals surface area (Å²) in [4.78, 5) is 58.2. The first-order chi connectivity index (χ1) is 8.91. The van der Waals surface area contributed by atoms with Crippen molar-refractivity contribution in [2.75, 3.05) is 6.54 Å². The Bertz CT molecular complexity index is 489. The van der Waals surface area contributed by atoms with Gasteiger partial charge in [-0.1, -0.05) is 0 Å². The fraction of sp³-hybridized carbons (Fsp3) is 0.364. The number of carboxylic acids is 1. The van der Waals surface area contributed by atoms with Gasteiger partial charge in [-0.05, 0) is 0 Å². The van der Waals surface area contributed by atoms with E-state index in [1.807, 2.05) is 0 Å². The minimum absolute atomic E-state index is 0.0528. The number of carboxylic acid groups (broad SMARTS) is 1. The van der Waals surface area contributed by atoms with E-state index in [0.717, 1.165) is 12.2 Å². The van der Waals surface area contributed by atoms with Crippen molar-refractivity contribution in [1.29, 1.82) is 0 Å². The summed E-state index contributed by atoms with van der Waals surface area (Å²) in [5.41, 5.74) is 0. The Balaban J connectivity index is 2.20. The van der Waals surface area contributed by atoms with Crippen LogP contribution in [-0.4, -0.2) is 57.1 Å². The number of carbonyl (C=O) groups is 5. The van der Waals surface area contributed by atoms with Gasteiger partial charge in [0, 0.05) is 25.0 Å². The molecule has 8 heteroatoms. The molecule has 2 aliphatic heterocycles. The van der Waals surface area contributed by atoms with Crippen LogP contribution in [0.3, 0.4) is 0 Å². The molecule has 2 aliphatic rings. The fourth-order valence-corrected chi connectivity index (χ4v) is 2.00. The average molecular weight is 266 g/mol. The largest absolute Gasteiger partial charge is 0.480 e. The lowest BCUT2D eigenvalue weighted by Gasteiger charge is -2.25. The van der Waals surface area contributed by atoms with Crippen LogP contribution in [0, 0.1) is 0 Å². The zero-order valence-electron chi connectivity index (χ0n) is 9.74. The van der Waals surface area contributed by atoms with Crippen LogP contribution in [0.1, 0.15) is 12.8 Å². The smallest absolute Gasteiger partial charge is 0.328 e. The first-order valence-corrected chi connectivity index (χ1v) is 5.53. The molecule has 1 atom stereocenters. The second-order valence-corrected chi connectivity index (χ2v) is 4.13. The molecule has 1 fully saturated rings. The highest BCUT2D eigenvalue weighted by atomic mass is 16.4. The summed E-state index contributed by atoms with van der Waals surface area (Å²) < 4.78 is 0. The quantitative estimate of drug-likeness (QED) is 0.620. The second kappa shape index (κ2) is 4.63. The average Bonchev–Trinajstić information content (AvgIpc) is 2.82. The molecule has 0 bridgehead atoms. The fourth-order valence-electron chi connectivity index (χ4n) is 2.00. The van der Waals surface area contributed by atoms with E-state index in [4.69, 9.17) is 5.11 Å². The van der Waals surface area contributed by atoms with Gasteiger partial charge in [0.1, 0.15) is 0 Å². The minimum Gasteiger partial charge on any atom is -0.480 e. The molecular formula is C11H10N2O6. The molecule has 8 nitrogen and oxygen atoms in total. The van der Waals surface area contributed by atoms with Gasteiger partial charge in [-0.25, -0.2) is 4.79 Å². The molecule has 0 radical (unpaired) electrons. The van der Waals surface area contributed by atoms with Crippen LogP contribution in [-0.2, 0) is 24.0 Å². The van der Waals surface area contributed by atoms with E-state index >= 15 is 0 Å². The number of hydrogen-bond donors (Lipinski definition) is 1. The van der Waals surface area contributed by atoms with Crippen LogP contribution in [0.25, 0.3) is 0 Å². The van der Waals surface area contributed by atoms with Crippen molar-refractivity contribution >= 4 is 29.6 Å². The molecular weight excluding hydrogens is 256 g/mol. The summed E-state index contributed by atoms with van der Waals surface area (Å²) in [6, 6.07) is -1.53. The number of hydrogen-bond acceptors (Lipinski definition) is 5. The highest BCUT2D eigenvalue weighted by Crippen LogP contribution is 2.17. The zero-order valence-corrected chi connectivity index (χ0v) is 9.74. The van der Waals surface area contributed by atoms with Gasteiger partial charge in [-0.2, -0.15) is 0 Å². The van der Waals surface area contributed by atoms with E-state index < -0.39 is 42.2 Å². The molecule has 0 aromatic heterocycles. The predicted octanol–water partition coefficient (Wildman–Crippen LogP) is -1.49. The van der Waals surface area contributed by atoms with Gasteiger partial charge in [0.25, 0.3) is 11.8 Å². The second-order valence-electron chi connectivity index (χ2n) is 4.13. The summed E-state index contributed by atoms with van der Waals surface area (Å²) in [5.74, 6) is -3.96. The van der Waals surface area contributed by atoms with Crippen molar-refractivity contribution in [1.82, 2.24) is 9.80 Å². The number of aliphatic carboxylic acids is 1. The Morgan fingerprint density at radius 1 is 1.11 bits per heavy atom. The maximum Gasteiger partial charge on any atom is 0.328 e. The van der Waals surface area contributed by atoms with Gasteiger partial charge < -0.3 is 5.11 Å². The van der Waals surface area contributed by atoms with Crippen LogP contribution in [0.4, 0.5) is 0 Å². The Labute approximate surface area is 107 Å². The van der Waals surface area contributed by atoms with E-state index in [2.05, 4.69) is 0 Å². The van der Waals surface area contributed by atoms with E-state index in [1.54, 1.807) is 0 Å². The molecule has 19 heavy (non-hydrogen) atoms. The third kappa shape index (κ3) is 2.24. The van der Waals surface area contributed by atoms with Crippen LogP contribution < -0.4 is 0 Å². The molecule has 2 heterocycles. The lowest BCUT2D eigenvalue weighted by Crippen LogP contribution is -2.52. The Kier molecular flexibility index (Phi) is 3.16. The molecule has 0 saturated carbocycles. The molecule has 0 aromatic rings. The highest BCUT2D eigenvalue weighted by molar-refractivity contribution is 6.13. The summed E-state index contributed by atoms with van der Waals surface area (Å²) in [6.45, 7) is -0.530. The molecule has 2 rings (SSSR count). The lowest BCUT2D eigenvalue weighted by atomic mass is 10.2. The molecule has 1 saturated heterocycles. The molecule has 1 N–H and O–H groups in total. The predicted molar refractivity (Wildman–Crippen MR) is 58.4 cm³/mol. The van der Waals surface area contributed by atoms with E-state index in [9.17, 15) is 24.0 Å². The summed E-state index contributed by atoms with van der Waals surface area (Å²) in [7, 11) is 0.